The number of rotatable bonds is 9. The van der Waals surface area contributed by atoms with Crippen LogP contribution in [0.5, 0.6) is 5.75 Å². The Hall–Kier alpha value is -2.21. The van der Waals surface area contributed by atoms with Crippen LogP contribution in [-0.4, -0.2) is 40.5 Å². The number of Topliss-reactive ketones (excluding diaryl/α,β-unsaturated/α-hetero) is 1. The molecular weight excluding hydrogens is 292 g/mol. The second kappa shape index (κ2) is 8.43. The van der Waals surface area contributed by atoms with Crippen LogP contribution in [-0.2, 0) is 24.2 Å². The van der Waals surface area contributed by atoms with Gasteiger partial charge in [-0.15, -0.1) is 5.10 Å². The average Bonchev–Trinajstić information content (AvgIpc) is 3.01. The number of ether oxygens (including phenoxy) is 1. The molecule has 0 radical (unpaired) electrons. The van der Waals surface area contributed by atoms with Crippen molar-refractivity contribution in [2.45, 2.75) is 39.3 Å². The fourth-order valence-electron chi connectivity index (χ4n) is 2.27. The number of nitrogens with one attached hydrogen (secondary N) is 1. The van der Waals surface area contributed by atoms with Crippen molar-refractivity contribution in [3.05, 3.63) is 41.7 Å². The maximum absolute atomic E-state index is 11.4. The lowest BCUT2D eigenvalue weighted by Crippen LogP contribution is -2.34. The minimum Gasteiger partial charge on any atom is -0.492 e. The molecule has 1 aromatic carbocycles. The molecule has 0 amide bonds. The second-order valence-corrected chi connectivity index (χ2v) is 5.47. The number of hydrogen-bond acceptors (Lipinski definition) is 5. The van der Waals surface area contributed by atoms with Gasteiger partial charge in [0.05, 0.1) is 18.3 Å². The summed E-state index contributed by atoms with van der Waals surface area (Å²) in [5.74, 6) is 0.959. The molecule has 2 rings (SSSR count). The fourth-order valence-corrected chi connectivity index (χ4v) is 2.27. The van der Waals surface area contributed by atoms with E-state index >= 15 is 0 Å². The summed E-state index contributed by atoms with van der Waals surface area (Å²) >= 11 is 0. The van der Waals surface area contributed by atoms with Gasteiger partial charge in [0.1, 0.15) is 18.1 Å². The normalized spacial score (nSPS) is 12.1. The van der Waals surface area contributed by atoms with E-state index in [0.29, 0.717) is 19.6 Å². The predicted octanol–water partition coefficient (Wildman–Crippen LogP) is 1.64. The molecule has 0 aliphatic rings. The van der Waals surface area contributed by atoms with E-state index in [1.807, 2.05) is 30.5 Å². The van der Waals surface area contributed by atoms with Crippen molar-refractivity contribution >= 4 is 5.78 Å². The molecule has 0 unspecified atom stereocenters. The molecule has 1 aromatic heterocycles. The summed E-state index contributed by atoms with van der Waals surface area (Å²) in [6.45, 7) is 4.86. The third-order valence-electron chi connectivity index (χ3n) is 3.74. The Balaban J connectivity index is 1.81. The maximum atomic E-state index is 11.4. The van der Waals surface area contributed by atoms with Gasteiger partial charge in [0.25, 0.3) is 0 Å². The molecule has 23 heavy (non-hydrogen) atoms. The Bertz CT molecular complexity index is 622. The van der Waals surface area contributed by atoms with Gasteiger partial charge in [-0.1, -0.05) is 24.3 Å². The van der Waals surface area contributed by atoms with Crippen LogP contribution in [0.3, 0.4) is 0 Å². The highest BCUT2D eigenvalue weighted by Gasteiger charge is 2.11. The number of carbonyl (C=O) groups excluding carboxylic acids is 1. The summed E-state index contributed by atoms with van der Waals surface area (Å²) in [5.41, 5.74) is 2.09. The van der Waals surface area contributed by atoms with Crippen LogP contribution in [0.25, 0.3) is 0 Å². The van der Waals surface area contributed by atoms with Crippen LogP contribution in [0.15, 0.2) is 30.5 Å². The third-order valence-corrected chi connectivity index (χ3v) is 3.74. The van der Waals surface area contributed by atoms with Crippen LogP contribution in [0.4, 0.5) is 0 Å². The first kappa shape index (κ1) is 17.1. The monoisotopic (exact) mass is 316 g/mol. The van der Waals surface area contributed by atoms with Crippen molar-refractivity contribution in [2.24, 2.45) is 0 Å². The largest absolute Gasteiger partial charge is 0.492 e. The number of ketones is 1. The van der Waals surface area contributed by atoms with Crippen molar-refractivity contribution in [1.82, 2.24) is 20.3 Å². The highest BCUT2D eigenvalue weighted by atomic mass is 16.5. The SMILES string of the molecule is CCc1cn(CCOc2ccc(C[C@H](NC)C(C)=O)cc2)nn1. The van der Waals surface area contributed by atoms with E-state index in [1.54, 1.807) is 18.7 Å². The molecule has 0 aliphatic carbocycles. The first-order chi connectivity index (χ1) is 11.1. The molecule has 0 fully saturated rings. The lowest BCUT2D eigenvalue weighted by Gasteiger charge is -2.13. The number of benzene rings is 1. The van der Waals surface area contributed by atoms with E-state index in [4.69, 9.17) is 4.74 Å². The summed E-state index contributed by atoms with van der Waals surface area (Å²) in [6, 6.07) is 7.71. The smallest absolute Gasteiger partial charge is 0.147 e. The predicted molar refractivity (Wildman–Crippen MR) is 88.6 cm³/mol. The molecule has 6 heteroatoms. The number of hydrogen-bond donors (Lipinski definition) is 1. The van der Waals surface area contributed by atoms with Gasteiger partial charge in [-0.3, -0.25) is 4.79 Å². The third kappa shape index (κ3) is 5.17. The van der Waals surface area contributed by atoms with Gasteiger partial charge in [0.15, 0.2) is 0 Å². The van der Waals surface area contributed by atoms with Gasteiger partial charge >= 0.3 is 0 Å². The molecule has 0 spiro atoms. The van der Waals surface area contributed by atoms with Gasteiger partial charge < -0.3 is 10.1 Å². The van der Waals surface area contributed by atoms with E-state index in [-0.39, 0.29) is 11.8 Å². The molecule has 1 heterocycles. The lowest BCUT2D eigenvalue weighted by molar-refractivity contribution is -0.118. The molecule has 0 saturated carbocycles. The van der Waals surface area contributed by atoms with Crippen molar-refractivity contribution in [2.75, 3.05) is 13.7 Å². The number of nitrogens with zero attached hydrogens (tertiary/aromatic N) is 3. The first-order valence-electron chi connectivity index (χ1n) is 7.90. The van der Waals surface area contributed by atoms with E-state index in [2.05, 4.69) is 22.6 Å². The van der Waals surface area contributed by atoms with Crippen LogP contribution in [0.1, 0.15) is 25.1 Å². The van der Waals surface area contributed by atoms with Crippen molar-refractivity contribution < 1.29 is 9.53 Å². The summed E-state index contributed by atoms with van der Waals surface area (Å²) in [4.78, 5) is 11.4. The number of likely N-dealkylation sites (N-methyl/N-ethyl adjacent to an activating group) is 1. The molecule has 0 aliphatic heterocycles. The van der Waals surface area contributed by atoms with Crippen molar-refractivity contribution in [3.8, 4) is 5.75 Å². The van der Waals surface area contributed by atoms with Crippen molar-refractivity contribution in [3.63, 3.8) is 0 Å². The van der Waals surface area contributed by atoms with Crippen LogP contribution >= 0.6 is 0 Å². The zero-order valence-electron chi connectivity index (χ0n) is 14.0. The summed E-state index contributed by atoms with van der Waals surface area (Å²) in [7, 11) is 1.80. The Kier molecular flexibility index (Phi) is 6.29. The maximum Gasteiger partial charge on any atom is 0.147 e. The highest BCUT2D eigenvalue weighted by Crippen LogP contribution is 2.14. The summed E-state index contributed by atoms with van der Waals surface area (Å²) in [5, 5.41) is 11.1. The zero-order valence-corrected chi connectivity index (χ0v) is 14.0. The van der Waals surface area contributed by atoms with Crippen LogP contribution < -0.4 is 10.1 Å². The molecule has 1 atom stereocenters. The average molecular weight is 316 g/mol. The number of aryl methyl sites for hydroxylation is 1. The van der Waals surface area contributed by atoms with Gasteiger partial charge in [-0.2, -0.15) is 0 Å². The number of carbonyl (C=O) groups is 1. The fraction of sp³-hybridized carbons (Fsp3) is 0.471. The second-order valence-electron chi connectivity index (χ2n) is 5.47. The molecule has 124 valence electrons. The quantitative estimate of drug-likeness (QED) is 0.761. The molecule has 1 N–H and O–H groups in total. The van der Waals surface area contributed by atoms with E-state index in [9.17, 15) is 4.79 Å². The topological polar surface area (TPSA) is 69.0 Å². The first-order valence-corrected chi connectivity index (χ1v) is 7.90. The van der Waals surface area contributed by atoms with Gasteiger partial charge in [-0.05, 0) is 44.5 Å². The van der Waals surface area contributed by atoms with E-state index in [1.165, 1.54) is 0 Å². The van der Waals surface area contributed by atoms with E-state index in [0.717, 1.165) is 23.4 Å². The standard InChI is InChI=1S/C17H24N4O2/c1-4-15-12-21(20-19-15)9-10-23-16-7-5-14(6-8-16)11-17(18-3)13(2)22/h5-8,12,17-18H,4,9-11H2,1-3H3/t17-/m0/s1. The molecule has 2 aromatic rings. The Morgan fingerprint density at radius 1 is 1.35 bits per heavy atom. The summed E-state index contributed by atoms with van der Waals surface area (Å²) < 4.78 is 7.50. The molecule has 0 saturated heterocycles. The minimum atomic E-state index is -0.137. The van der Waals surface area contributed by atoms with Crippen LogP contribution in [0.2, 0.25) is 0 Å². The molecule has 0 bridgehead atoms. The highest BCUT2D eigenvalue weighted by molar-refractivity contribution is 5.81. The van der Waals surface area contributed by atoms with Gasteiger partial charge in [0, 0.05) is 6.20 Å². The van der Waals surface area contributed by atoms with Gasteiger partial charge in [-0.25, -0.2) is 4.68 Å². The van der Waals surface area contributed by atoms with Crippen molar-refractivity contribution in [1.29, 1.82) is 0 Å². The summed E-state index contributed by atoms with van der Waals surface area (Å²) in [6.07, 6.45) is 3.51. The van der Waals surface area contributed by atoms with E-state index < -0.39 is 0 Å². The zero-order chi connectivity index (χ0) is 16.7. The number of aromatic nitrogens is 3. The Morgan fingerprint density at radius 3 is 2.65 bits per heavy atom. The molecular formula is C17H24N4O2. The Labute approximate surface area is 136 Å². The lowest BCUT2D eigenvalue weighted by atomic mass is 10.0. The van der Waals surface area contributed by atoms with Gasteiger partial charge in [0.2, 0.25) is 0 Å². The van der Waals surface area contributed by atoms with Crippen LogP contribution in [0, 0.1) is 0 Å². The minimum absolute atomic E-state index is 0.137. The molecule has 6 nitrogen and oxygen atoms in total. The Morgan fingerprint density at radius 2 is 2.09 bits per heavy atom.